The van der Waals surface area contributed by atoms with Gasteiger partial charge in [-0.15, -0.1) is 0 Å². The van der Waals surface area contributed by atoms with Gasteiger partial charge in [0.15, 0.2) is 0 Å². The van der Waals surface area contributed by atoms with Crippen LogP contribution in [0.2, 0.25) is 0 Å². The number of carbonyl (C=O) groups excluding carboxylic acids is 1. The van der Waals surface area contributed by atoms with E-state index in [1.165, 1.54) is 0 Å². The standard InChI is InChI=1S/C15H25N3O2/c1-12(2)20-9-8-18(3)11-15(19)17-14-7-5-4-6-13(14)10-16/h4-7,12H,8-11,16H2,1-3H3,(H,17,19). The summed E-state index contributed by atoms with van der Waals surface area (Å²) in [6, 6.07) is 7.57. The van der Waals surface area contributed by atoms with Crippen LogP contribution in [-0.4, -0.2) is 43.7 Å². The molecular formula is C15H25N3O2. The van der Waals surface area contributed by atoms with E-state index in [0.717, 1.165) is 17.8 Å². The topological polar surface area (TPSA) is 67.6 Å². The number of nitrogens with two attached hydrogens (primary N) is 1. The van der Waals surface area contributed by atoms with Crippen LogP contribution < -0.4 is 11.1 Å². The van der Waals surface area contributed by atoms with Gasteiger partial charge in [0.05, 0.1) is 19.3 Å². The molecule has 0 bridgehead atoms. The molecule has 1 aromatic rings. The Labute approximate surface area is 121 Å². The Bertz CT molecular complexity index is 421. The Morgan fingerprint density at radius 1 is 1.40 bits per heavy atom. The predicted octanol–water partition coefficient (Wildman–Crippen LogP) is 1.44. The van der Waals surface area contributed by atoms with E-state index in [-0.39, 0.29) is 12.0 Å². The lowest BCUT2D eigenvalue weighted by molar-refractivity contribution is -0.117. The van der Waals surface area contributed by atoms with Gasteiger partial charge in [-0.05, 0) is 32.5 Å². The van der Waals surface area contributed by atoms with Gasteiger partial charge < -0.3 is 15.8 Å². The second-order valence-corrected chi connectivity index (χ2v) is 5.07. The first-order valence-electron chi connectivity index (χ1n) is 6.91. The average molecular weight is 279 g/mol. The van der Waals surface area contributed by atoms with Crippen LogP contribution >= 0.6 is 0 Å². The molecule has 0 unspecified atom stereocenters. The minimum absolute atomic E-state index is 0.0436. The van der Waals surface area contributed by atoms with Crippen molar-refractivity contribution in [3.05, 3.63) is 29.8 Å². The molecule has 0 radical (unpaired) electrons. The van der Waals surface area contributed by atoms with Gasteiger partial charge in [-0.1, -0.05) is 18.2 Å². The van der Waals surface area contributed by atoms with Crippen LogP contribution in [0.15, 0.2) is 24.3 Å². The minimum Gasteiger partial charge on any atom is -0.377 e. The zero-order valence-corrected chi connectivity index (χ0v) is 12.6. The van der Waals surface area contributed by atoms with Crippen molar-refractivity contribution in [2.24, 2.45) is 5.73 Å². The summed E-state index contributed by atoms with van der Waals surface area (Å²) in [4.78, 5) is 13.9. The highest BCUT2D eigenvalue weighted by molar-refractivity contribution is 5.92. The smallest absolute Gasteiger partial charge is 0.238 e. The second kappa shape index (κ2) is 8.68. The molecule has 0 aliphatic carbocycles. The first-order chi connectivity index (χ1) is 9.52. The van der Waals surface area contributed by atoms with Crippen molar-refractivity contribution in [3.63, 3.8) is 0 Å². The van der Waals surface area contributed by atoms with E-state index < -0.39 is 0 Å². The van der Waals surface area contributed by atoms with Crippen molar-refractivity contribution in [1.29, 1.82) is 0 Å². The number of rotatable bonds is 8. The molecule has 0 saturated carbocycles. The molecular weight excluding hydrogens is 254 g/mol. The SMILES string of the molecule is CC(C)OCCN(C)CC(=O)Nc1ccccc1CN. The normalized spacial score (nSPS) is 11.1. The molecule has 0 saturated heterocycles. The number of hydrogen-bond acceptors (Lipinski definition) is 4. The summed E-state index contributed by atoms with van der Waals surface area (Å²) in [6.45, 7) is 6.09. The van der Waals surface area contributed by atoms with E-state index in [0.29, 0.717) is 19.7 Å². The third-order valence-electron chi connectivity index (χ3n) is 2.85. The molecule has 0 aromatic heterocycles. The summed E-state index contributed by atoms with van der Waals surface area (Å²) in [5.74, 6) is -0.0436. The van der Waals surface area contributed by atoms with E-state index >= 15 is 0 Å². The zero-order valence-electron chi connectivity index (χ0n) is 12.6. The van der Waals surface area contributed by atoms with E-state index in [2.05, 4.69) is 5.32 Å². The number of hydrogen-bond donors (Lipinski definition) is 2. The summed E-state index contributed by atoms with van der Waals surface area (Å²) in [5.41, 5.74) is 7.36. The highest BCUT2D eigenvalue weighted by Gasteiger charge is 2.09. The lowest BCUT2D eigenvalue weighted by atomic mass is 10.2. The van der Waals surface area contributed by atoms with Crippen molar-refractivity contribution < 1.29 is 9.53 Å². The molecule has 1 amide bonds. The van der Waals surface area contributed by atoms with Crippen molar-refractivity contribution in [2.75, 3.05) is 32.1 Å². The summed E-state index contributed by atoms with van der Waals surface area (Å²) in [6.07, 6.45) is 0.216. The maximum absolute atomic E-state index is 12.0. The number of likely N-dealkylation sites (N-methyl/N-ethyl adjacent to an activating group) is 1. The monoisotopic (exact) mass is 279 g/mol. The number of nitrogens with zero attached hydrogens (tertiary/aromatic N) is 1. The van der Waals surface area contributed by atoms with Crippen molar-refractivity contribution in [3.8, 4) is 0 Å². The van der Waals surface area contributed by atoms with Crippen molar-refractivity contribution >= 4 is 11.6 Å². The van der Waals surface area contributed by atoms with Gasteiger partial charge in [0.25, 0.3) is 0 Å². The number of para-hydroxylation sites is 1. The molecule has 0 fully saturated rings. The van der Waals surface area contributed by atoms with Crippen LogP contribution in [0, 0.1) is 0 Å². The quantitative estimate of drug-likeness (QED) is 0.755. The lowest BCUT2D eigenvalue weighted by Crippen LogP contribution is -2.33. The first kappa shape index (κ1) is 16.6. The summed E-state index contributed by atoms with van der Waals surface area (Å²) in [5, 5.41) is 2.89. The van der Waals surface area contributed by atoms with Gasteiger partial charge in [-0.2, -0.15) is 0 Å². The number of anilines is 1. The van der Waals surface area contributed by atoms with Crippen LogP contribution in [0.5, 0.6) is 0 Å². The third kappa shape index (κ3) is 6.14. The lowest BCUT2D eigenvalue weighted by Gasteiger charge is -2.18. The Morgan fingerprint density at radius 2 is 2.10 bits per heavy atom. The average Bonchev–Trinajstić information content (AvgIpc) is 2.38. The largest absolute Gasteiger partial charge is 0.377 e. The first-order valence-corrected chi connectivity index (χ1v) is 6.91. The highest BCUT2D eigenvalue weighted by atomic mass is 16.5. The Hall–Kier alpha value is -1.43. The zero-order chi connectivity index (χ0) is 15.0. The van der Waals surface area contributed by atoms with Crippen molar-refractivity contribution in [1.82, 2.24) is 4.90 Å². The van der Waals surface area contributed by atoms with Crippen LogP contribution in [0.25, 0.3) is 0 Å². The van der Waals surface area contributed by atoms with Gasteiger partial charge in [-0.3, -0.25) is 9.69 Å². The van der Waals surface area contributed by atoms with E-state index in [1.54, 1.807) is 0 Å². The van der Waals surface area contributed by atoms with Crippen LogP contribution in [0.4, 0.5) is 5.69 Å². The Kier molecular flexibility index (Phi) is 7.22. The van der Waals surface area contributed by atoms with Gasteiger partial charge in [0.1, 0.15) is 0 Å². The number of amides is 1. The second-order valence-electron chi connectivity index (χ2n) is 5.07. The van der Waals surface area contributed by atoms with Crippen LogP contribution in [0.1, 0.15) is 19.4 Å². The number of carbonyl (C=O) groups is 1. The summed E-state index contributed by atoms with van der Waals surface area (Å²) in [7, 11) is 1.90. The van der Waals surface area contributed by atoms with Gasteiger partial charge in [-0.25, -0.2) is 0 Å². The molecule has 0 aliphatic rings. The molecule has 3 N–H and O–H groups in total. The number of nitrogens with one attached hydrogen (secondary N) is 1. The van der Waals surface area contributed by atoms with Crippen LogP contribution in [-0.2, 0) is 16.1 Å². The fourth-order valence-corrected chi connectivity index (χ4v) is 1.78. The summed E-state index contributed by atoms with van der Waals surface area (Å²) < 4.78 is 5.46. The van der Waals surface area contributed by atoms with Gasteiger partial charge in [0, 0.05) is 18.8 Å². The number of ether oxygens (including phenoxy) is 1. The molecule has 5 nitrogen and oxygen atoms in total. The summed E-state index contributed by atoms with van der Waals surface area (Å²) >= 11 is 0. The maximum atomic E-state index is 12.0. The molecule has 5 heteroatoms. The van der Waals surface area contributed by atoms with E-state index in [4.69, 9.17) is 10.5 Å². The van der Waals surface area contributed by atoms with Gasteiger partial charge in [0.2, 0.25) is 5.91 Å². The maximum Gasteiger partial charge on any atom is 0.238 e. The molecule has 112 valence electrons. The highest BCUT2D eigenvalue weighted by Crippen LogP contribution is 2.13. The molecule has 0 spiro atoms. The van der Waals surface area contributed by atoms with Gasteiger partial charge >= 0.3 is 0 Å². The Balaban J connectivity index is 2.39. The molecule has 0 aliphatic heterocycles. The predicted molar refractivity (Wildman–Crippen MR) is 81.5 cm³/mol. The minimum atomic E-state index is -0.0436. The molecule has 0 atom stereocenters. The molecule has 1 rings (SSSR count). The van der Waals surface area contributed by atoms with E-state index in [9.17, 15) is 4.79 Å². The fraction of sp³-hybridized carbons (Fsp3) is 0.533. The molecule has 20 heavy (non-hydrogen) atoms. The molecule has 1 aromatic carbocycles. The van der Waals surface area contributed by atoms with Crippen LogP contribution in [0.3, 0.4) is 0 Å². The molecule has 0 heterocycles. The van der Waals surface area contributed by atoms with Crippen molar-refractivity contribution in [2.45, 2.75) is 26.5 Å². The number of benzene rings is 1. The Morgan fingerprint density at radius 3 is 2.75 bits per heavy atom. The third-order valence-corrected chi connectivity index (χ3v) is 2.85. The van der Waals surface area contributed by atoms with E-state index in [1.807, 2.05) is 50.1 Å². The fourth-order valence-electron chi connectivity index (χ4n) is 1.78.